The lowest BCUT2D eigenvalue weighted by atomic mass is 10.1. The zero-order valence-electron chi connectivity index (χ0n) is 12.6. The summed E-state index contributed by atoms with van der Waals surface area (Å²) in [6.07, 6.45) is 0. The fourth-order valence-electron chi connectivity index (χ4n) is 2.29. The first-order valence-corrected chi connectivity index (χ1v) is 6.94. The Morgan fingerprint density at radius 3 is 2.67 bits per heavy atom. The summed E-state index contributed by atoms with van der Waals surface area (Å²) in [7, 11) is 1.50. The number of para-hydroxylation sites is 1. The standard InChI is InChI=1S/C17H13NO6/c1-23-13-4-2-3-9-7-14(24-15(9)13)16(20)18-10-5-6-12(19)11(8-10)17(21)22/h2-8,19H,1H3,(H,18,20)(H,21,22). The van der Waals surface area contributed by atoms with Crippen LogP contribution in [0.2, 0.25) is 0 Å². The Balaban J connectivity index is 1.90. The normalized spacial score (nSPS) is 10.5. The van der Waals surface area contributed by atoms with Gasteiger partial charge in [-0.05, 0) is 30.3 Å². The van der Waals surface area contributed by atoms with Crippen LogP contribution in [0.4, 0.5) is 5.69 Å². The van der Waals surface area contributed by atoms with E-state index in [2.05, 4.69) is 5.32 Å². The average Bonchev–Trinajstić information content (AvgIpc) is 3.00. The highest BCUT2D eigenvalue weighted by Gasteiger charge is 2.16. The number of anilines is 1. The molecular weight excluding hydrogens is 314 g/mol. The lowest BCUT2D eigenvalue weighted by molar-refractivity contribution is 0.0693. The number of carbonyl (C=O) groups excluding carboxylic acids is 1. The second-order valence-electron chi connectivity index (χ2n) is 4.98. The molecule has 1 aromatic heterocycles. The molecule has 24 heavy (non-hydrogen) atoms. The fourth-order valence-corrected chi connectivity index (χ4v) is 2.29. The molecule has 122 valence electrons. The van der Waals surface area contributed by atoms with E-state index in [1.54, 1.807) is 24.3 Å². The van der Waals surface area contributed by atoms with Crippen LogP contribution in [0, 0.1) is 0 Å². The fraction of sp³-hybridized carbons (Fsp3) is 0.0588. The van der Waals surface area contributed by atoms with Crippen LogP contribution in [0.5, 0.6) is 11.5 Å². The molecule has 0 aliphatic carbocycles. The molecule has 0 fully saturated rings. The van der Waals surface area contributed by atoms with Gasteiger partial charge < -0.3 is 24.7 Å². The smallest absolute Gasteiger partial charge is 0.339 e. The average molecular weight is 327 g/mol. The molecule has 3 rings (SSSR count). The number of rotatable bonds is 4. The number of aromatic hydroxyl groups is 1. The first kappa shape index (κ1) is 15.4. The quantitative estimate of drug-likeness (QED) is 0.635. The molecule has 3 N–H and O–H groups in total. The van der Waals surface area contributed by atoms with Gasteiger partial charge >= 0.3 is 5.97 Å². The molecule has 0 saturated carbocycles. The molecule has 0 atom stereocenters. The van der Waals surface area contributed by atoms with E-state index >= 15 is 0 Å². The van der Waals surface area contributed by atoms with E-state index in [9.17, 15) is 14.7 Å². The number of carboxylic acid groups (broad SMARTS) is 1. The number of carboxylic acids is 1. The van der Waals surface area contributed by atoms with E-state index in [0.717, 1.165) is 0 Å². The van der Waals surface area contributed by atoms with E-state index in [4.69, 9.17) is 14.3 Å². The lowest BCUT2D eigenvalue weighted by Gasteiger charge is -2.05. The van der Waals surface area contributed by atoms with Crippen LogP contribution < -0.4 is 10.1 Å². The van der Waals surface area contributed by atoms with Crippen molar-refractivity contribution in [3.63, 3.8) is 0 Å². The Kier molecular flexibility index (Phi) is 3.83. The maximum atomic E-state index is 12.3. The third kappa shape index (κ3) is 2.74. The van der Waals surface area contributed by atoms with Crippen molar-refractivity contribution in [1.29, 1.82) is 0 Å². The van der Waals surface area contributed by atoms with Gasteiger partial charge in [-0.2, -0.15) is 0 Å². The second kappa shape index (κ2) is 5.96. The van der Waals surface area contributed by atoms with E-state index in [0.29, 0.717) is 16.7 Å². The minimum Gasteiger partial charge on any atom is -0.507 e. The van der Waals surface area contributed by atoms with Gasteiger partial charge in [-0.3, -0.25) is 4.79 Å². The van der Waals surface area contributed by atoms with Crippen molar-refractivity contribution in [2.75, 3.05) is 12.4 Å². The predicted octanol–water partition coefficient (Wildman–Crippen LogP) is 3.10. The van der Waals surface area contributed by atoms with Crippen molar-refractivity contribution in [3.8, 4) is 11.5 Å². The maximum absolute atomic E-state index is 12.3. The molecule has 0 radical (unpaired) electrons. The number of hydrogen-bond acceptors (Lipinski definition) is 5. The molecule has 0 saturated heterocycles. The van der Waals surface area contributed by atoms with Crippen LogP contribution in [0.15, 0.2) is 46.9 Å². The third-order valence-corrected chi connectivity index (χ3v) is 3.44. The minimum absolute atomic E-state index is 0.0550. The Labute approximate surface area is 136 Å². The zero-order chi connectivity index (χ0) is 17.3. The van der Waals surface area contributed by atoms with Crippen LogP contribution in [0.3, 0.4) is 0 Å². The predicted molar refractivity (Wildman–Crippen MR) is 85.8 cm³/mol. The Morgan fingerprint density at radius 1 is 1.17 bits per heavy atom. The maximum Gasteiger partial charge on any atom is 0.339 e. The highest BCUT2D eigenvalue weighted by molar-refractivity contribution is 6.05. The number of furan rings is 1. The molecule has 7 heteroatoms. The van der Waals surface area contributed by atoms with Gasteiger partial charge in [-0.25, -0.2) is 4.79 Å². The van der Waals surface area contributed by atoms with Crippen molar-refractivity contribution in [1.82, 2.24) is 0 Å². The molecule has 7 nitrogen and oxygen atoms in total. The number of phenols is 1. The van der Waals surface area contributed by atoms with Crippen molar-refractivity contribution in [2.24, 2.45) is 0 Å². The topological polar surface area (TPSA) is 109 Å². The third-order valence-electron chi connectivity index (χ3n) is 3.44. The molecular formula is C17H13NO6. The molecule has 0 aliphatic heterocycles. The van der Waals surface area contributed by atoms with Gasteiger partial charge in [0.1, 0.15) is 11.3 Å². The van der Waals surface area contributed by atoms with Crippen molar-refractivity contribution in [3.05, 3.63) is 53.8 Å². The Hall–Kier alpha value is -3.48. The number of amides is 1. The summed E-state index contributed by atoms with van der Waals surface area (Å²) in [5.41, 5.74) is 0.365. The van der Waals surface area contributed by atoms with E-state index in [-0.39, 0.29) is 22.8 Å². The first-order chi connectivity index (χ1) is 11.5. The monoisotopic (exact) mass is 327 g/mol. The number of nitrogens with one attached hydrogen (secondary N) is 1. The van der Waals surface area contributed by atoms with Gasteiger partial charge in [0.25, 0.3) is 5.91 Å². The summed E-state index contributed by atoms with van der Waals surface area (Å²) in [6.45, 7) is 0. The van der Waals surface area contributed by atoms with Crippen molar-refractivity contribution >= 4 is 28.5 Å². The van der Waals surface area contributed by atoms with E-state index in [1.807, 2.05) is 0 Å². The molecule has 2 aromatic carbocycles. The molecule has 3 aromatic rings. The first-order valence-electron chi connectivity index (χ1n) is 6.94. The highest BCUT2D eigenvalue weighted by Crippen LogP contribution is 2.29. The van der Waals surface area contributed by atoms with E-state index < -0.39 is 11.9 Å². The van der Waals surface area contributed by atoms with Crippen molar-refractivity contribution in [2.45, 2.75) is 0 Å². The summed E-state index contributed by atoms with van der Waals surface area (Å²) in [5.74, 6) is -1.66. The molecule has 1 amide bonds. The summed E-state index contributed by atoms with van der Waals surface area (Å²) in [6, 6.07) is 10.6. The summed E-state index contributed by atoms with van der Waals surface area (Å²) in [4.78, 5) is 23.3. The van der Waals surface area contributed by atoms with Crippen LogP contribution >= 0.6 is 0 Å². The number of benzene rings is 2. The van der Waals surface area contributed by atoms with Crippen LogP contribution in [-0.2, 0) is 0 Å². The van der Waals surface area contributed by atoms with Gasteiger partial charge in [0.2, 0.25) is 0 Å². The molecule has 0 bridgehead atoms. The molecule has 0 spiro atoms. The Bertz CT molecular complexity index is 943. The van der Waals surface area contributed by atoms with Gasteiger partial charge in [0, 0.05) is 11.1 Å². The Morgan fingerprint density at radius 2 is 1.96 bits per heavy atom. The van der Waals surface area contributed by atoms with Gasteiger partial charge in [-0.15, -0.1) is 0 Å². The largest absolute Gasteiger partial charge is 0.507 e. The number of hydrogen-bond donors (Lipinski definition) is 3. The van der Waals surface area contributed by atoms with Crippen molar-refractivity contribution < 1.29 is 29.0 Å². The van der Waals surface area contributed by atoms with Crippen LogP contribution in [0.25, 0.3) is 11.0 Å². The summed E-state index contributed by atoms with van der Waals surface area (Å²) < 4.78 is 10.7. The zero-order valence-corrected chi connectivity index (χ0v) is 12.6. The lowest BCUT2D eigenvalue weighted by Crippen LogP contribution is -2.11. The summed E-state index contributed by atoms with van der Waals surface area (Å²) in [5, 5.41) is 21.7. The molecule has 0 unspecified atom stereocenters. The number of methoxy groups -OCH3 is 1. The number of fused-ring (bicyclic) bond motifs is 1. The SMILES string of the molecule is COc1cccc2cc(C(=O)Nc3ccc(O)c(C(=O)O)c3)oc12. The minimum atomic E-state index is -1.29. The second-order valence-corrected chi connectivity index (χ2v) is 4.98. The van der Waals surface area contributed by atoms with E-state index in [1.165, 1.54) is 25.3 Å². The number of aromatic carboxylic acids is 1. The number of carbonyl (C=O) groups is 2. The van der Waals surface area contributed by atoms with Crippen LogP contribution in [0.1, 0.15) is 20.9 Å². The summed E-state index contributed by atoms with van der Waals surface area (Å²) >= 11 is 0. The van der Waals surface area contributed by atoms with Crippen LogP contribution in [-0.4, -0.2) is 29.2 Å². The van der Waals surface area contributed by atoms with Gasteiger partial charge in [0.15, 0.2) is 17.1 Å². The van der Waals surface area contributed by atoms with Gasteiger partial charge in [-0.1, -0.05) is 12.1 Å². The molecule has 0 aliphatic rings. The molecule has 1 heterocycles. The number of ether oxygens (including phenoxy) is 1. The van der Waals surface area contributed by atoms with Gasteiger partial charge in [0.05, 0.1) is 7.11 Å². The highest BCUT2D eigenvalue weighted by atomic mass is 16.5.